The van der Waals surface area contributed by atoms with E-state index in [4.69, 9.17) is 9.47 Å². The maximum absolute atomic E-state index is 13.0. The molecule has 2 heterocycles. The maximum Gasteiger partial charge on any atom is 0.233 e. The van der Waals surface area contributed by atoms with Crippen LogP contribution in [0.1, 0.15) is 39.7 Å². The van der Waals surface area contributed by atoms with E-state index in [9.17, 15) is 4.79 Å². The molecule has 1 aromatic carbocycles. The minimum Gasteiger partial charge on any atom is -0.376 e. The van der Waals surface area contributed by atoms with E-state index in [0.717, 1.165) is 5.56 Å². The largest absolute Gasteiger partial charge is 0.376 e. The van der Waals surface area contributed by atoms with E-state index in [1.807, 2.05) is 49.1 Å². The van der Waals surface area contributed by atoms with E-state index in [1.54, 1.807) is 0 Å². The van der Waals surface area contributed by atoms with E-state index in [0.29, 0.717) is 32.2 Å². The average Bonchev–Trinajstić information content (AvgIpc) is 2.92. The number of nitrogens with zero attached hydrogens (tertiary/aromatic N) is 1. The maximum atomic E-state index is 13.0. The molecular weight excluding hydrogens is 290 g/mol. The molecule has 0 aromatic heterocycles. The molecule has 4 nitrogen and oxygen atoms in total. The minimum absolute atomic E-state index is 0.170. The van der Waals surface area contributed by atoms with Crippen molar-refractivity contribution < 1.29 is 14.3 Å². The monoisotopic (exact) mass is 317 g/mol. The first-order valence-electron chi connectivity index (χ1n) is 8.45. The third-order valence-electron chi connectivity index (χ3n) is 5.16. The van der Waals surface area contributed by atoms with Crippen molar-refractivity contribution in [3.8, 4) is 0 Å². The normalized spacial score (nSPS) is 33.5. The second kappa shape index (κ2) is 5.91. The smallest absolute Gasteiger partial charge is 0.233 e. The molecule has 3 rings (SSSR count). The quantitative estimate of drug-likeness (QED) is 0.837. The lowest BCUT2D eigenvalue weighted by atomic mass is 9.87. The SMILES string of the molecule is CC(C)[C@H]1CO[C@]2(C)C[C@@](C)(COCc3ccccc3)C(=O)N12. The van der Waals surface area contributed by atoms with Crippen molar-refractivity contribution in [1.29, 1.82) is 0 Å². The average molecular weight is 317 g/mol. The number of hydrogen-bond donors (Lipinski definition) is 0. The molecule has 0 spiro atoms. The van der Waals surface area contributed by atoms with E-state index >= 15 is 0 Å². The molecule has 0 unspecified atom stereocenters. The van der Waals surface area contributed by atoms with Gasteiger partial charge in [-0.1, -0.05) is 44.2 Å². The van der Waals surface area contributed by atoms with Crippen LogP contribution >= 0.6 is 0 Å². The first-order chi connectivity index (χ1) is 10.9. The van der Waals surface area contributed by atoms with Gasteiger partial charge in [-0.05, 0) is 25.3 Å². The van der Waals surface area contributed by atoms with Crippen LogP contribution in [0.15, 0.2) is 30.3 Å². The number of benzene rings is 1. The van der Waals surface area contributed by atoms with Gasteiger partial charge in [-0.2, -0.15) is 0 Å². The Morgan fingerprint density at radius 1 is 1.30 bits per heavy atom. The number of hydrogen-bond acceptors (Lipinski definition) is 3. The molecule has 1 amide bonds. The summed E-state index contributed by atoms with van der Waals surface area (Å²) in [5.41, 5.74) is 0.151. The van der Waals surface area contributed by atoms with Crippen LogP contribution in [0.4, 0.5) is 0 Å². The lowest BCUT2D eigenvalue weighted by molar-refractivity contribution is -0.143. The lowest BCUT2D eigenvalue weighted by Crippen LogP contribution is -2.46. The van der Waals surface area contributed by atoms with Gasteiger partial charge in [0.25, 0.3) is 0 Å². The number of carbonyl (C=O) groups is 1. The molecule has 126 valence electrons. The van der Waals surface area contributed by atoms with Gasteiger partial charge in [0.05, 0.1) is 31.3 Å². The summed E-state index contributed by atoms with van der Waals surface area (Å²) in [6.07, 6.45) is 0.691. The summed E-state index contributed by atoms with van der Waals surface area (Å²) in [4.78, 5) is 15.0. The molecule has 3 atom stereocenters. The van der Waals surface area contributed by atoms with E-state index in [-0.39, 0.29) is 11.9 Å². The zero-order valence-electron chi connectivity index (χ0n) is 14.5. The number of ether oxygens (including phenoxy) is 2. The Hall–Kier alpha value is -1.39. The summed E-state index contributed by atoms with van der Waals surface area (Å²) in [5.74, 6) is 0.567. The fraction of sp³-hybridized carbons (Fsp3) is 0.632. The van der Waals surface area contributed by atoms with Gasteiger partial charge in [-0.25, -0.2) is 0 Å². The van der Waals surface area contributed by atoms with Crippen LogP contribution in [0.2, 0.25) is 0 Å². The molecule has 0 N–H and O–H groups in total. The fourth-order valence-corrected chi connectivity index (χ4v) is 3.92. The molecule has 4 heteroatoms. The topological polar surface area (TPSA) is 38.8 Å². The van der Waals surface area contributed by atoms with Gasteiger partial charge < -0.3 is 14.4 Å². The predicted molar refractivity (Wildman–Crippen MR) is 88.7 cm³/mol. The van der Waals surface area contributed by atoms with Crippen molar-refractivity contribution in [3.05, 3.63) is 35.9 Å². The molecule has 1 aromatic rings. The highest BCUT2D eigenvalue weighted by molar-refractivity contribution is 5.86. The molecule has 2 fully saturated rings. The molecule has 2 aliphatic heterocycles. The summed E-state index contributed by atoms with van der Waals surface area (Å²) >= 11 is 0. The highest BCUT2D eigenvalue weighted by atomic mass is 16.5. The number of rotatable bonds is 5. The van der Waals surface area contributed by atoms with Crippen molar-refractivity contribution in [2.45, 2.75) is 52.5 Å². The summed E-state index contributed by atoms with van der Waals surface area (Å²) in [7, 11) is 0. The Kier molecular flexibility index (Phi) is 4.23. The number of carbonyl (C=O) groups excluding carboxylic acids is 1. The van der Waals surface area contributed by atoms with Gasteiger partial charge in [0.2, 0.25) is 5.91 Å². The van der Waals surface area contributed by atoms with Gasteiger partial charge in [0.15, 0.2) is 0 Å². The molecular formula is C19H27NO3. The summed E-state index contributed by atoms with van der Waals surface area (Å²) in [6, 6.07) is 10.2. The summed E-state index contributed by atoms with van der Waals surface area (Å²) < 4.78 is 11.9. The Morgan fingerprint density at radius 2 is 2.00 bits per heavy atom. The summed E-state index contributed by atoms with van der Waals surface area (Å²) in [5, 5.41) is 0. The summed E-state index contributed by atoms with van der Waals surface area (Å²) in [6.45, 7) is 9.94. The Labute approximate surface area is 138 Å². The first kappa shape index (κ1) is 16.5. The van der Waals surface area contributed by atoms with Crippen LogP contribution in [0.5, 0.6) is 0 Å². The van der Waals surface area contributed by atoms with E-state index < -0.39 is 11.1 Å². The van der Waals surface area contributed by atoms with Crippen molar-refractivity contribution in [2.24, 2.45) is 11.3 Å². The van der Waals surface area contributed by atoms with Gasteiger partial charge in [-0.15, -0.1) is 0 Å². The third kappa shape index (κ3) is 2.90. The molecule has 2 saturated heterocycles. The molecule has 2 aliphatic rings. The Morgan fingerprint density at radius 3 is 2.65 bits per heavy atom. The first-order valence-corrected chi connectivity index (χ1v) is 8.45. The van der Waals surface area contributed by atoms with Crippen LogP contribution in [-0.4, -0.2) is 35.8 Å². The zero-order chi connectivity index (χ0) is 16.7. The highest BCUT2D eigenvalue weighted by Gasteiger charge is 2.61. The zero-order valence-corrected chi connectivity index (χ0v) is 14.5. The van der Waals surface area contributed by atoms with E-state index in [1.165, 1.54) is 0 Å². The standard InChI is InChI=1S/C19H27NO3/c1-14(2)16-11-23-19(4)12-18(3,17(21)20(16)19)13-22-10-15-8-6-5-7-9-15/h5-9,14,16H,10-13H2,1-4H3/t16-,18+,19-/m1/s1. The fourth-order valence-electron chi connectivity index (χ4n) is 3.92. The minimum atomic E-state index is -0.503. The Balaban J connectivity index is 1.67. The molecule has 0 saturated carbocycles. The molecule has 23 heavy (non-hydrogen) atoms. The predicted octanol–water partition coefficient (Wildman–Crippen LogP) is 3.21. The van der Waals surface area contributed by atoms with Crippen molar-refractivity contribution in [1.82, 2.24) is 4.90 Å². The number of fused-ring (bicyclic) bond motifs is 1. The Bertz CT molecular complexity index is 573. The van der Waals surface area contributed by atoms with Crippen molar-refractivity contribution >= 4 is 5.91 Å². The van der Waals surface area contributed by atoms with Crippen LogP contribution < -0.4 is 0 Å². The molecule has 0 radical (unpaired) electrons. The molecule has 0 bridgehead atoms. The third-order valence-corrected chi connectivity index (χ3v) is 5.16. The van der Waals surface area contributed by atoms with Gasteiger partial charge >= 0.3 is 0 Å². The van der Waals surface area contributed by atoms with Crippen LogP contribution in [0, 0.1) is 11.3 Å². The second-order valence-electron chi connectivity index (χ2n) is 7.69. The van der Waals surface area contributed by atoms with Crippen LogP contribution in [-0.2, 0) is 20.9 Å². The van der Waals surface area contributed by atoms with Crippen LogP contribution in [0.3, 0.4) is 0 Å². The van der Waals surface area contributed by atoms with Gasteiger partial charge in [-0.3, -0.25) is 4.79 Å². The van der Waals surface area contributed by atoms with Crippen molar-refractivity contribution in [2.75, 3.05) is 13.2 Å². The van der Waals surface area contributed by atoms with Crippen molar-refractivity contribution in [3.63, 3.8) is 0 Å². The second-order valence-corrected chi connectivity index (χ2v) is 7.69. The molecule has 0 aliphatic carbocycles. The number of amides is 1. The van der Waals surface area contributed by atoms with Gasteiger partial charge in [0.1, 0.15) is 5.72 Å². The van der Waals surface area contributed by atoms with Crippen LogP contribution in [0.25, 0.3) is 0 Å². The van der Waals surface area contributed by atoms with E-state index in [2.05, 4.69) is 13.8 Å². The van der Waals surface area contributed by atoms with Gasteiger partial charge in [0, 0.05) is 6.42 Å². The lowest BCUT2D eigenvalue weighted by Gasteiger charge is -2.31. The highest BCUT2D eigenvalue weighted by Crippen LogP contribution is 2.48.